The number of carbonyl (C=O) groups is 1. The summed E-state index contributed by atoms with van der Waals surface area (Å²) in [4.78, 5) is 30.8. The SMILES string of the molecule is CN(C)c1ncc(C(=O)c2cc3ccccc3oc2=O)s1. The molecule has 0 radical (unpaired) electrons. The molecule has 3 aromatic rings. The van der Waals surface area contributed by atoms with E-state index < -0.39 is 5.63 Å². The Hall–Kier alpha value is -2.47. The van der Waals surface area contributed by atoms with Gasteiger partial charge in [-0.25, -0.2) is 9.78 Å². The Labute approximate surface area is 124 Å². The van der Waals surface area contributed by atoms with E-state index in [1.807, 2.05) is 25.1 Å². The number of benzene rings is 1. The summed E-state index contributed by atoms with van der Waals surface area (Å²) in [6, 6.07) is 8.67. The Morgan fingerprint density at radius 2 is 2.05 bits per heavy atom. The predicted molar refractivity (Wildman–Crippen MR) is 82.4 cm³/mol. The summed E-state index contributed by atoms with van der Waals surface area (Å²) in [5.74, 6) is -0.361. The van der Waals surface area contributed by atoms with Gasteiger partial charge >= 0.3 is 5.63 Å². The number of fused-ring (bicyclic) bond motifs is 1. The van der Waals surface area contributed by atoms with E-state index in [9.17, 15) is 9.59 Å². The zero-order valence-electron chi connectivity index (χ0n) is 11.5. The van der Waals surface area contributed by atoms with Crippen molar-refractivity contribution < 1.29 is 9.21 Å². The average Bonchev–Trinajstić information content (AvgIpc) is 2.96. The second kappa shape index (κ2) is 5.14. The molecule has 21 heavy (non-hydrogen) atoms. The molecule has 0 amide bonds. The molecule has 106 valence electrons. The van der Waals surface area contributed by atoms with E-state index in [4.69, 9.17) is 4.42 Å². The van der Waals surface area contributed by atoms with Gasteiger partial charge in [0, 0.05) is 19.5 Å². The van der Waals surface area contributed by atoms with Gasteiger partial charge in [-0.1, -0.05) is 29.5 Å². The number of para-hydroxylation sites is 1. The molecule has 0 unspecified atom stereocenters. The van der Waals surface area contributed by atoms with E-state index in [1.54, 1.807) is 24.3 Å². The van der Waals surface area contributed by atoms with Crippen molar-refractivity contribution in [3.8, 4) is 0 Å². The van der Waals surface area contributed by atoms with E-state index >= 15 is 0 Å². The lowest BCUT2D eigenvalue weighted by molar-refractivity contribution is 0.103. The van der Waals surface area contributed by atoms with Gasteiger partial charge in [-0.05, 0) is 12.1 Å². The van der Waals surface area contributed by atoms with E-state index in [1.165, 1.54) is 17.5 Å². The van der Waals surface area contributed by atoms with Crippen LogP contribution in [0.15, 0.2) is 45.7 Å². The fourth-order valence-corrected chi connectivity index (χ4v) is 2.72. The number of ketones is 1. The summed E-state index contributed by atoms with van der Waals surface area (Å²) in [6.07, 6.45) is 1.48. The molecule has 0 fully saturated rings. The van der Waals surface area contributed by atoms with Crippen molar-refractivity contribution in [3.05, 3.63) is 57.4 Å². The number of thiazole rings is 1. The summed E-state index contributed by atoms with van der Waals surface area (Å²) in [6.45, 7) is 0. The van der Waals surface area contributed by atoms with Crippen LogP contribution in [0.3, 0.4) is 0 Å². The molecule has 6 heteroatoms. The standard InChI is InChI=1S/C15H12N2O3S/c1-17(2)15-16-8-12(21-15)13(18)10-7-9-5-3-4-6-11(9)20-14(10)19/h3-8H,1-2H3. The molecule has 2 heterocycles. The van der Waals surface area contributed by atoms with Gasteiger partial charge in [0.05, 0.1) is 11.1 Å². The molecule has 3 rings (SSSR count). The Morgan fingerprint density at radius 1 is 1.29 bits per heavy atom. The first-order valence-electron chi connectivity index (χ1n) is 6.27. The maximum atomic E-state index is 12.4. The van der Waals surface area contributed by atoms with Crippen LogP contribution in [0, 0.1) is 0 Å². The normalized spacial score (nSPS) is 10.8. The molecular weight excluding hydrogens is 288 g/mol. The fraction of sp³-hybridized carbons (Fsp3) is 0.133. The molecule has 0 N–H and O–H groups in total. The minimum Gasteiger partial charge on any atom is -0.422 e. The van der Waals surface area contributed by atoms with E-state index in [2.05, 4.69) is 4.98 Å². The number of hydrogen-bond acceptors (Lipinski definition) is 6. The number of aromatic nitrogens is 1. The molecule has 2 aromatic heterocycles. The third-order valence-corrected chi connectivity index (χ3v) is 4.15. The zero-order chi connectivity index (χ0) is 15.0. The number of nitrogens with zero attached hydrogens (tertiary/aromatic N) is 2. The monoisotopic (exact) mass is 300 g/mol. The van der Waals surface area contributed by atoms with Crippen molar-refractivity contribution in [2.75, 3.05) is 19.0 Å². The van der Waals surface area contributed by atoms with Gasteiger partial charge in [0.15, 0.2) is 5.13 Å². The first-order chi connectivity index (χ1) is 10.1. The largest absolute Gasteiger partial charge is 0.422 e. The lowest BCUT2D eigenvalue weighted by Crippen LogP contribution is -2.13. The average molecular weight is 300 g/mol. The molecule has 0 spiro atoms. The van der Waals surface area contributed by atoms with Crippen LogP contribution < -0.4 is 10.5 Å². The van der Waals surface area contributed by atoms with Gasteiger partial charge in [-0.15, -0.1) is 0 Å². The second-order valence-corrected chi connectivity index (χ2v) is 5.73. The van der Waals surface area contributed by atoms with Crippen molar-refractivity contribution in [2.24, 2.45) is 0 Å². The Kier molecular flexibility index (Phi) is 3.31. The molecular formula is C15H12N2O3S. The molecule has 0 aliphatic carbocycles. The van der Waals surface area contributed by atoms with Gasteiger partial charge in [-0.2, -0.15) is 0 Å². The first-order valence-corrected chi connectivity index (χ1v) is 7.08. The van der Waals surface area contributed by atoms with Gasteiger partial charge < -0.3 is 9.32 Å². The number of rotatable bonds is 3. The third kappa shape index (κ3) is 2.45. The number of hydrogen-bond donors (Lipinski definition) is 0. The molecule has 0 atom stereocenters. The van der Waals surface area contributed by atoms with Crippen LogP contribution in [0.2, 0.25) is 0 Å². The fourth-order valence-electron chi connectivity index (χ4n) is 1.93. The lowest BCUT2D eigenvalue weighted by Gasteiger charge is -2.05. The minimum atomic E-state index is -0.626. The van der Waals surface area contributed by atoms with Gasteiger partial charge in [0.2, 0.25) is 5.78 Å². The third-order valence-electron chi connectivity index (χ3n) is 2.99. The summed E-state index contributed by atoms with van der Waals surface area (Å²) < 4.78 is 5.19. The van der Waals surface area contributed by atoms with Gasteiger partial charge in [0.25, 0.3) is 0 Å². The summed E-state index contributed by atoms with van der Waals surface area (Å²) in [5, 5.41) is 1.43. The Morgan fingerprint density at radius 3 is 2.76 bits per heavy atom. The van der Waals surface area contributed by atoms with Crippen LogP contribution in [0.25, 0.3) is 11.0 Å². The van der Waals surface area contributed by atoms with Crippen LogP contribution in [-0.2, 0) is 0 Å². The van der Waals surface area contributed by atoms with Crippen LogP contribution >= 0.6 is 11.3 Å². The molecule has 0 aliphatic heterocycles. The summed E-state index contributed by atoms with van der Waals surface area (Å²) in [7, 11) is 3.69. The highest BCUT2D eigenvalue weighted by molar-refractivity contribution is 7.17. The van der Waals surface area contributed by atoms with E-state index in [0.717, 1.165) is 5.39 Å². The highest BCUT2D eigenvalue weighted by Gasteiger charge is 2.18. The van der Waals surface area contributed by atoms with Crippen molar-refractivity contribution in [1.29, 1.82) is 0 Å². The Bertz CT molecular complexity index is 880. The maximum Gasteiger partial charge on any atom is 0.347 e. The van der Waals surface area contributed by atoms with Crippen molar-refractivity contribution in [2.45, 2.75) is 0 Å². The van der Waals surface area contributed by atoms with Crippen molar-refractivity contribution >= 4 is 33.2 Å². The van der Waals surface area contributed by atoms with E-state index in [-0.39, 0.29) is 11.3 Å². The second-order valence-electron chi connectivity index (χ2n) is 4.72. The van der Waals surface area contributed by atoms with Crippen LogP contribution in [0.5, 0.6) is 0 Å². The predicted octanol–water partition coefficient (Wildman–Crippen LogP) is 2.55. The van der Waals surface area contributed by atoms with Crippen molar-refractivity contribution in [3.63, 3.8) is 0 Å². The smallest absolute Gasteiger partial charge is 0.347 e. The van der Waals surface area contributed by atoms with Gasteiger partial charge in [-0.3, -0.25) is 4.79 Å². The lowest BCUT2D eigenvalue weighted by atomic mass is 10.1. The molecule has 0 aliphatic rings. The quantitative estimate of drug-likeness (QED) is 0.549. The van der Waals surface area contributed by atoms with Crippen LogP contribution in [0.1, 0.15) is 15.2 Å². The highest BCUT2D eigenvalue weighted by atomic mass is 32.1. The summed E-state index contributed by atoms with van der Waals surface area (Å²) >= 11 is 1.24. The van der Waals surface area contributed by atoms with Crippen LogP contribution in [0.4, 0.5) is 5.13 Å². The molecule has 0 saturated heterocycles. The van der Waals surface area contributed by atoms with Crippen LogP contribution in [-0.4, -0.2) is 24.9 Å². The highest BCUT2D eigenvalue weighted by Crippen LogP contribution is 2.23. The molecule has 5 nitrogen and oxygen atoms in total. The molecule has 1 aromatic carbocycles. The van der Waals surface area contributed by atoms with E-state index in [0.29, 0.717) is 15.6 Å². The molecule has 0 saturated carbocycles. The zero-order valence-corrected chi connectivity index (χ0v) is 12.3. The first kappa shape index (κ1) is 13.5. The molecule has 0 bridgehead atoms. The van der Waals surface area contributed by atoms with Crippen molar-refractivity contribution in [1.82, 2.24) is 4.98 Å². The maximum absolute atomic E-state index is 12.4. The minimum absolute atomic E-state index is 0.0302. The Balaban J connectivity index is 2.08. The summed E-state index contributed by atoms with van der Waals surface area (Å²) in [5.41, 5.74) is -0.126. The topological polar surface area (TPSA) is 63.4 Å². The van der Waals surface area contributed by atoms with Gasteiger partial charge in [0.1, 0.15) is 11.1 Å². The number of carbonyl (C=O) groups excluding carboxylic acids is 1. The number of anilines is 1.